The van der Waals surface area contributed by atoms with Gasteiger partial charge in [0.05, 0.1) is 4.47 Å². The van der Waals surface area contributed by atoms with E-state index in [0.717, 1.165) is 12.8 Å². The lowest BCUT2D eigenvalue weighted by Crippen LogP contribution is -2.40. The molecule has 0 bridgehead atoms. The summed E-state index contributed by atoms with van der Waals surface area (Å²) in [7, 11) is 0. The number of halogens is 1. The summed E-state index contributed by atoms with van der Waals surface area (Å²) in [4.78, 5) is 24.8. The van der Waals surface area contributed by atoms with Crippen LogP contribution in [-0.2, 0) is 4.79 Å². The number of hydrogen-bond donors (Lipinski definition) is 2. The molecular formula is C14H16BrNO4. The van der Waals surface area contributed by atoms with E-state index >= 15 is 0 Å². The maximum absolute atomic E-state index is 12.3. The minimum Gasteiger partial charge on any atom is -0.507 e. The van der Waals surface area contributed by atoms with Crippen LogP contribution in [-0.4, -0.2) is 40.1 Å². The van der Waals surface area contributed by atoms with E-state index < -0.39 is 5.97 Å². The molecule has 2 rings (SSSR count). The zero-order valence-electron chi connectivity index (χ0n) is 10.9. The molecule has 1 aromatic rings. The third-order valence-corrected chi connectivity index (χ3v) is 4.13. The first-order valence-corrected chi connectivity index (χ1v) is 7.26. The lowest BCUT2D eigenvalue weighted by molar-refractivity contribution is -0.138. The lowest BCUT2D eigenvalue weighted by Gasteiger charge is -2.32. The molecule has 108 valence electrons. The number of phenols is 1. The number of aromatic hydroxyl groups is 1. The fraction of sp³-hybridized carbons (Fsp3) is 0.429. The molecule has 1 saturated heterocycles. The quantitative estimate of drug-likeness (QED) is 0.885. The summed E-state index contributed by atoms with van der Waals surface area (Å²) in [5.41, 5.74) is 0.418. The van der Waals surface area contributed by atoms with Gasteiger partial charge in [0.15, 0.2) is 0 Å². The predicted molar refractivity (Wildman–Crippen MR) is 76.7 cm³/mol. The summed E-state index contributed by atoms with van der Waals surface area (Å²) >= 11 is 3.17. The summed E-state index contributed by atoms with van der Waals surface area (Å²) in [6.45, 7) is 1.09. The Morgan fingerprint density at radius 3 is 2.80 bits per heavy atom. The molecule has 0 saturated carbocycles. The van der Waals surface area contributed by atoms with Gasteiger partial charge in [0.25, 0.3) is 5.91 Å². The normalized spacial score (nSPS) is 18.9. The van der Waals surface area contributed by atoms with Crippen molar-refractivity contribution in [1.29, 1.82) is 0 Å². The maximum Gasteiger partial charge on any atom is 0.303 e. The second-order valence-corrected chi connectivity index (χ2v) is 5.88. The topological polar surface area (TPSA) is 77.8 Å². The van der Waals surface area contributed by atoms with Crippen molar-refractivity contribution in [2.24, 2.45) is 5.92 Å². The van der Waals surface area contributed by atoms with Crippen LogP contribution in [0.1, 0.15) is 29.6 Å². The highest BCUT2D eigenvalue weighted by Gasteiger charge is 2.26. The highest BCUT2D eigenvalue weighted by atomic mass is 79.9. The molecule has 1 fully saturated rings. The number of carboxylic acid groups (broad SMARTS) is 1. The zero-order valence-corrected chi connectivity index (χ0v) is 12.5. The molecule has 1 aliphatic heterocycles. The van der Waals surface area contributed by atoms with Crippen molar-refractivity contribution in [2.75, 3.05) is 13.1 Å². The van der Waals surface area contributed by atoms with Gasteiger partial charge in [-0.3, -0.25) is 9.59 Å². The summed E-state index contributed by atoms with van der Waals surface area (Å²) in [6, 6.07) is 4.70. The molecule has 1 aromatic carbocycles. The molecule has 1 heterocycles. The molecule has 20 heavy (non-hydrogen) atoms. The molecule has 1 atom stereocenters. The van der Waals surface area contributed by atoms with Gasteiger partial charge < -0.3 is 15.1 Å². The van der Waals surface area contributed by atoms with E-state index in [1.807, 2.05) is 0 Å². The maximum atomic E-state index is 12.3. The Kier molecular flexibility index (Phi) is 4.65. The van der Waals surface area contributed by atoms with Crippen LogP contribution in [0, 0.1) is 5.92 Å². The Balaban J connectivity index is 2.08. The Labute approximate surface area is 125 Å². The van der Waals surface area contributed by atoms with Crippen molar-refractivity contribution >= 4 is 27.8 Å². The Hall–Kier alpha value is -1.56. The van der Waals surface area contributed by atoms with Gasteiger partial charge in [-0.1, -0.05) is 0 Å². The van der Waals surface area contributed by atoms with Crippen molar-refractivity contribution in [3.8, 4) is 5.75 Å². The number of carbonyl (C=O) groups excluding carboxylic acids is 1. The van der Waals surface area contributed by atoms with Crippen LogP contribution < -0.4 is 0 Å². The average Bonchev–Trinajstić information content (AvgIpc) is 2.40. The number of likely N-dealkylation sites (tertiary alicyclic amines) is 1. The molecule has 5 nitrogen and oxygen atoms in total. The van der Waals surface area contributed by atoms with Crippen molar-refractivity contribution in [2.45, 2.75) is 19.3 Å². The van der Waals surface area contributed by atoms with Gasteiger partial charge in [0, 0.05) is 25.1 Å². The molecule has 1 aliphatic rings. The van der Waals surface area contributed by atoms with E-state index in [0.29, 0.717) is 23.1 Å². The third kappa shape index (κ3) is 3.50. The summed E-state index contributed by atoms with van der Waals surface area (Å²) in [6.07, 6.45) is 1.74. The van der Waals surface area contributed by atoms with Gasteiger partial charge in [0.1, 0.15) is 5.75 Å². The second-order valence-electron chi connectivity index (χ2n) is 5.02. The van der Waals surface area contributed by atoms with Gasteiger partial charge >= 0.3 is 5.97 Å². The van der Waals surface area contributed by atoms with Crippen LogP contribution in [0.25, 0.3) is 0 Å². The molecule has 1 unspecified atom stereocenters. The van der Waals surface area contributed by atoms with Crippen LogP contribution in [0.3, 0.4) is 0 Å². The Morgan fingerprint density at radius 1 is 1.40 bits per heavy atom. The SMILES string of the molecule is O=C(O)CC1CCCN(C(=O)c2ccc(Br)c(O)c2)C1. The number of piperidine rings is 1. The number of rotatable bonds is 3. The van der Waals surface area contributed by atoms with E-state index in [4.69, 9.17) is 5.11 Å². The average molecular weight is 342 g/mol. The molecule has 6 heteroatoms. The molecule has 0 radical (unpaired) electrons. The first kappa shape index (κ1) is 14.8. The van der Waals surface area contributed by atoms with Crippen molar-refractivity contribution in [3.05, 3.63) is 28.2 Å². The second kappa shape index (κ2) is 6.26. The lowest BCUT2D eigenvalue weighted by atomic mass is 9.94. The smallest absolute Gasteiger partial charge is 0.303 e. The number of aliphatic carboxylic acids is 1. The van der Waals surface area contributed by atoms with E-state index in [1.54, 1.807) is 17.0 Å². The number of nitrogens with zero attached hydrogens (tertiary/aromatic N) is 1. The molecule has 2 N–H and O–H groups in total. The van der Waals surface area contributed by atoms with Crippen molar-refractivity contribution in [1.82, 2.24) is 4.90 Å². The van der Waals surface area contributed by atoms with Crippen LogP contribution >= 0.6 is 15.9 Å². The van der Waals surface area contributed by atoms with Gasteiger partial charge in [-0.25, -0.2) is 0 Å². The molecule has 1 amide bonds. The number of hydrogen-bond acceptors (Lipinski definition) is 3. The first-order valence-electron chi connectivity index (χ1n) is 6.47. The Morgan fingerprint density at radius 2 is 2.15 bits per heavy atom. The molecule has 0 aliphatic carbocycles. The van der Waals surface area contributed by atoms with E-state index in [2.05, 4.69) is 15.9 Å². The van der Waals surface area contributed by atoms with Crippen molar-refractivity contribution < 1.29 is 19.8 Å². The van der Waals surface area contributed by atoms with Crippen LogP contribution in [0.15, 0.2) is 22.7 Å². The van der Waals surface area contributed by atoms with Gasteiger partial charge in [-0.15, -0.1) is 0 Å². The first-order chi connectivity index (χ1) is 9.47. The predicted octanol–water partition coefficient (Wildman–Crippen LogP) is 2.48. The zero-order chi connectivity index (χ0) is 14.7. The fourth-order valence-electron chi connectivity index (χ4n) is 2.49. The van der Waals surface area contributed by atoms with Crippen LogP contribution in [0.5, 0.6) is 5.75 Å². The van der Waals surface area contributed by atoms with Crippen LogP contribution in [0.2, 0.25) is 0 Å². The Bertz CT molecular complexity index is 532. The number of carbonyl (C=O) groups is 2. The highest BCUT2D eigenvalue weighted by Crippen LogP contribution is 2.26. The van der Waals surface area contributed by atoms with E-state index in [1.165, 1.54) is 6.07 Å². The molecule has 0 spiro atoms. The largest absolute Gasteiger partial charge is 0.507 e. The summed E-state index contributed by atoms with van der Waals surface area (Å²) in [5, 5.41) is 18.5. The van der Waals surface area contributed by atoms with Gasteiger partial charge in [0.2, 0.25) is 0 Å². The third-order valence-electron chi connectivity index (χ3n) is 3.46. The number of amides is 1. The van der Waals surface area contributed by atoms with Crippen molar-refractivity contribution in [3.63, 3.8) is 0 Å². The van der Waals surface area contributed by atoms with Gasteiger partial charge in [-0.05, 0) is 52.9 Å². The fourth-order valence-corrected chi connectivity index (χ4v) is 2.74. The number of benzene rings is 1. The van der Waals surface area contributed by atoms with E-state index in [-0.39, 0.29) is 24.0 Å². The summed E-state index contributed by atoms with van der Waals surface area (Å²) < 4.78 is 0.538. The van der Waals surface area contributed by atoms with Crippen LogP contribution in [0.4, 0.5) is 0 Å². The monoisotopic (exact) mass is 341 g/mol. The minimum atomic E-state index is -0.828. The van der Waals surface area contributed by atoms with E-state index in [9.17, 15) is 14.7 Å². The highest BCUT2D eigenvalue weighted by molar-refractivity contribution is 9.10. The van der Waals surface area contributed by atoms with Gasteiger partial charge in [-0.2, -0.15) is 0 Å². The summed E-state index contributed by atoms with van der Waals surface area (Å²) in [5.74, 6) is -0.960. The number of carboxylic acids is 1. The minimum absolute atomic E-state index is 0.00856. The molecule has 0 aromatic heterocycles. The number of phenolic OH excluding ortho intramolecular Hbond substituents is 1. The molecular weight excluding hydrogens is 326 g/mol. The standard InChI is InChI=1S/C14H16BrNO4/c15-11-4-3-10(7-12(11)17)14(20)16-5-1-2-9(8-16)6-13(18)19/h3-4,7,9,17H,1-2,5-6,8H2,(H,18,19).